The van der Waals surface area contributed by atoms with E-state index >= 15 is 0 Å². The number of rotatable bonds is 6. The van der Waals surface area contributed by atoms with Gasteiger partial charge in [0.2, 0.25) is 0 Å². The van der Waals surface area contributed by atoms with Gasteiger partial charge in [-0.05, 0) is 36.8 Å². The largest absolute Gasteiger partial charge is 0.497 e. The van der Waals surface area contributed by atoms with Crippen molar-refractivity contribution in [3.05, 3.63) is 74.6 Å². The SMILES string of the molecule is COC(=O)c1c(NC(=O)c2ccc([N+](=O)[O-])cc2)sc(C)c1-c1ccc(OC)cc1. The molecule has 1 heterocycles. The minimum atomic E-state index is -0.579. The summed E-state index contributed by atoms with van der Waals surface area (Å²) < 4.78 is 10.1. The molecule has 0 saturated carbocycles. The molecule has 9 heteroatoms. The number of carbonyl (C=O) groups is 2. The highest BCUT2D eigenvalue weighted by Gasteiger charge is 2.25. The Hall–Kier alpha value is -3.72. The third-order valence-corrected chi connectivity index (χ3v) is 5.44. The Morgan fingerprint density at radius 1 is 1.03 bits per heavy atom. The van der Waals surface area contributed by atoms with Crippen LogP contribution in [0.5, 0.6) is 5.75 Å². The maximum atomic E-state index is 12.7. The zero-order valence-electron chi connectivity index (χ0n) is 16.4. The number of nitro benzene ring substituents is 1. The number of non-ortho nitro benzene ring substituents is 1. The first-order valence-corrected chi connectivity index (χ1v) is 9.59. The van der Waals surface area contributed by atoms with Crippen LogP contribution in [0.3, 0.4) is 0 Å². The van der Waals surface area contributed by atoms with Gasteiger partial charge in [-0.25, -0.2) is 4.79 Å². The van der Waals surface area contributed by atoms with Crippen LogP contribution in [-0.4, -0.2) is 31.0 Å². The van der Waals surface area contributed by atoms with Gasteiger partial charge in [-0.15, -0.1) is 11.3 Å². The minimum Gasteiger partial charge on any atom is -0.497 e. The fraction of sp³-hybridized carbons (Fsp3) is 0.143. The summed E-state index contributed by atoms with van der Waals surface area (Å²) in [6, 6.07) is 12.4. The molecule has 3 rings (SSSR count). The zero-order chi connectivity index (χ0) is 21.8. The summed E-state index contributed by atoms with van der Waals surface area (Å²) in [4.78, 5) is 36.3. The molecule has 1 amide bonds. The standard InChI is InChI=1S/C21H18N2O6S/c1-12-17(13-6-10-16(28-2)11-7-13)18(21(25)29-3)20(30-12)22-19(24)14-4-8-15(9-5-14)23(26)27/h4-11H,1-3H3,(H,22,24). The van der Waals surface area contributed by atoms with Gasteiger partial charge in [0.05, 0.1) is 19.1 Å². The first kappa shape index (κ1) is 21.0. The van der Waals surface area contributed by atoms with Gasteiger partial charge < -0.3 is 14.8 Å². The van der Waals surface area contributed by atoms with Gasteiger partial charge in [0.25, 0.3) is 11.6 Å². The topological polar surface area (TPSA) is 108 Å². The number of aryl methyl sites for hydroxylation is 1. The van der Waals surface area contributed by atoms with Crippen LogP contribution in [0.15, 0.2) is 48.5 Å². The van der Waals surface area contributed by atoms with Gasteiger partial charge in [0.1, 0.15) is 16.3 Å². The van der Waals surface area contributed by atoms with Gasteiger partial charge in [-0.1, -0.05) is 12.1 Å². The van der Waals surface area contributed by atoms with E-state index in [2.05, 4.69) is 5.32 Å². The second-order valence-electron chi connectivity index (χ2n) is 6.22. The molecule has 0 bridgehead atoms. The van der Waals surface area contributed by atoms with Crippen molar-refractivity contribution in [2.45, 2.75) is 6.92 Å². The maximum Gasteiger partial charge on any atom is 0.341 e. The van der Waals surface area contributed by atoms with E-state index in [9.17, 15) is 19.7 Å². The molecular formula is C21H18N2O6S. The van der Waals surface area contributed by atoms with E-state index in [0.717, 1.165) is 10.4 Å². The van der Waals surface area contributed by atoms with Crippen molar-refractivity contribution in [1.29, 1.82) is 0 Å². The zero-order valence-corrected chi connectivity index (χ0v) is 17.2. The van der Waals surface area contributed by atoms with Crippen LogP contribution in [0.4, 0.5) is 10.7 Å². The number of hydrogen-bond donors (Lipinski definition) is 1. The van der Waals surface area contributed by atoms with E-state index in [1.54, 1.807) is 19.2 Å². The number of ether oxygens (including phenoxy) is 2. The summed E-state index contributed by atoms with van der Waals surface area (Å²) in [7, 11) is 2.84. The van der Waals surface area contributed by atoms with Gasteiger partial charge in [0.15, 0.2) is 0 Å². The van der Waals surface area contributed by atoms with Gasteiger partial charge in [-0.3, -0.25) is 14.9 Å². The predicted octanol–water partition coefficient (Wildman–Crippen LogP) is 4.68. The van der Waals surface area contributed by atoms with E-state index < -0.39 is 16.8 Å². The van der Waals surface area contributed by atoms with Crippen LogP contribution >= 0.6 is 11.3 Å². The van der Waals surface area contributed by atoms with E-state index in [4.69, 9.17) is 9.47 Å². The lowest BCUT2D eigenvalue weighted by Gasteiger charge is -2.09. The molecule has 0 radical (unpaired) electrons. The van der Waals surface area contributed by atoms with E-state index in [1.165, 1.54) is 42.7 Å². The number of amides is 1. The number of nitro groups is 1. The van der Waals surface area contributed by atoms with Crippen molar-refractivity contribution in [3.8, 4) is 16.9 Å². The van der Waals surface area contributed by atoms with Crippen LogP contribution in [0.2, 0.25) is 0 Å². The highest BCUT2D eigenvalue weighted by atomic mass is 32.1. The molecule has 0 aliphatic heterocycles. The molecule has 0 aliphatic rings. The number of anilines is 1. The molecule has 0 atom stereocenters. The van der Waals surface area contributed by atoms with Crippen molar-refractivity contribution in [1.82, 2.24) is 0 Å². The molecule has 1 aromatic heterocycles. The van der Waals surface area contributed by atoms with Gasteiger partial charge >= 0.3 is 5.97 Å². The Bertz CT molecular complexity index is 1100. The maximum absolute atomic E-state index is 12.7. The smallest absolute Gasteiger partial charge is 0.341 e. The van der Waals surface area contributed by atoms with Crippen LogP contribution in [0, 0.1) is 17.0 Å². The van der Waals surface area contributed by atoms with Crippen molar-refractivity contribution in [3.63, 3.8) is 0 Å². The number of thiophene rings is 1. The van der Waals surface area contributed by atoms with Crippen LogP contribution in [0.25, 0.3) is 11.1 Å². The molecule has 0 spiro atoms. The number of methoxy groups -OCH3 is 2. The summed E-state index contributed by atoms with van der Waals surface area (Å²) in [5, 5.41) is 13.9. The lowest BCUT2D eigenvalue weighted by Crippen LogP contribution is -2.14. The highest BCUT2D eigenvalue weighted by Crippen LogP contribution is 2.41. The van der Waals surface area contributed by atoms with Gasteiger partial charge in [0, 0.05) is 28.1 Å². The van der Waals surface area contributed by atoms with Crippen molar-refractivity contribution < 1.29 is 24.0 Å². The molecule has 2 aromatic carbocycles. The number of benzene rings is 2. The summed E-state index contributed by atoms with van der Waals surface area (Å²) in [5.74, 6) is -0.389. The number of nitrogens with zero attached hydrogens (tertiary/aromatic N) is 1. The first-order valence-electron chi connectivity index (χ1n) is 8.77. The minimum absolute atomic E-state index is 0.115. The van der Waals surface area contributed by atoms with E-state index in [-0.39, 0.29) is 16.8 Å². The molecule has 0 saturated heterocycles. The Morgan fingerprint density at radius 3 is 2.20 bits per heavy atom. The normalized spacial score (nSPS) is 10.4. The molecule has 8 nitrogen and oxygen atoms in total. The molecule has 1 N–H and O–H groups in total. The second-order valence-corrected chi connectivity index (χ2v) is 7.44. The fourth-order valence-corrected chi connectivity index (χ4v) is 4.00. The van der Waals surface area contributed by atoms with Crippen LogP contribution in [-0.2, 0) is 4.74 Å². The van der Waals surface area contributed by atoms with Gasteiger partial charge in [-0.2, -0.15) is 0 Å². The molecule has 30 heavy (non-hydrogen) atoms. The van der Waals surface area contributed by atoms with E-state index in [0.29, 0.717) is 16.3 Å². The van der Waals surface area contributed by atoms with Crippen LogP contribution < -0.4 is 10.1 Å². The number of esters is 1. The number of carbonyl (C=O) groups excluding carboxylic acids is 2. The van der Waals surface area contributed by atoms with E-state index in [1.807, 2.05) is 19.1 Å². The molecular weight excluding hydrogens is 408 g/mol. The molecule has 3 aromatic rings. The Morgan fingerprint density at radius 2 is 1.67 bits per heavy atom. The Balaban J connectivity index is 1.99. The first-order chi connectivity index (χ1) is 14.3. The molecule has 0 unspecified atom stereocenters. The average molecular weight is 426 g/mol. The second kappa shape index (κ2) is 8.75. The molecule has 0 aliphatic carbocycles. The average Bonchev–Trinajstić information content (AvgIpc) is 3.08. The number of hydrogen-bond acceptors (Lipinski definition) is 7. The Kier molecular flexibility index (Phi) is 6.12. The summed E-state index contributed by atoms with van der Waals surface area (Å²) >= 11 is 1.25. The molecule has 154 valence electrons. The summed E-state index contributed by atoms with van der Waals surface area (Å²) in [6.45, 7) is 1.85. The fourth-order valence-electron chi connectivity index (χ4n) is 2.94. The van der Waals surface area contributed by atoms with Crippen LogP contribution in [0.1, 0.15) is 25.6 Å². The van der Waals surface area contributed by atoms with Crippen molar-refractivity contribution in [2.24, 2.45) is 0 Å². The third-order valence-electron chi connectivity index (χ3n) is 4.42. The number of nitrogens with one attached hydrogen (secondary N) is 1. The monoisotopic (exact) mass is 426 g/mol. The third kappa shape index (κ3) is 4.15. The molecule has 0 fully saturated rings. The Labute approximate surface area is 176 Å². The predicted molar refractivity (Wildman–Crippen MR) is 113 cm³/mol. The lowest BCUT2D eigenvalue weighted by molar-refractivity contribution is -0.384. The highest BCUT2D eigenvalue weighted by molar-refractivity contribution is 7.17. The summed E-state index contributed by atoms with van der Waals surface area (Å²) in [5.41, 5.74) is 1.80. The lowest BCUT2D eigenvalue weighted by atomic mass is 10.0. The van der Waals surface area contributed by atoms with Crippen molar-refractivity contribution >= 4 is 33.9 Å². The quantitative estimate of drug-likeness (QED) is 0.348. The summed E-state index contributed by atoms with van der Waals surface area (Å²) in [6.07, 6.45) is 0. The van der Waals surface area contributed by atoms with Crippen molar-refractivity contribution in [2.75, 3.05) is 19.5 Å².